The smallest absolute Gasteiger partial charge is 0.253 e. The SMILES string of the molecule is O.O=P([O-])(O)Cc1ccc(O)c2[nH+]cccc12. The minimum atomic E-state index is -4.35. The highest BCUT2D eigenvalue weighted by Gasteiger charge is 2.13. The van der Waals surface area contributed by atoms with Crippen LogP contribution in [0, 0.1) is 0 Å². The topological polar surface area (TPSA) is 126 Å². The highest BCUT2D eigenvalue weighted by atomic mass is 31.2. The molecule has 0 bridgehead atoms. The number of phenolic OH excluding ortho intramolecular Hbond substituents is 1. The van der Waals surface area contributed by atoms with Crippen molar-refractivity contribution in [2.75, 3.05) is 0 Å². The second-order valence-corrected chi connectivity index (χ2v) is 5.09. The number of hydrogen-bond donors (Lipinski definition) is 2. The van der Waals surface area contributed by atoms with E-state index in [0.717, 1.165) is 0 Å². The quantitative estimate of drug-likeness (QED) is 0.708. The maximum Gasteiger partial charge on any atom is 0.253 e. The highest BCUT2D eigenvalue weighted by molar-refractivity contribution is 7.49. The number of benzene rings is 1. The number of fused-ring (bicyclic) bond motifs is 1. The van der Waals surface area contributed by atoms with Crippen LogP contribution in [0.15, 0.2) is 30.5 Å². The van der Waals surface area contributed by atoms with Gasteiger partial charge in [0.05, 0.1) is 5.39 Å². The summed E-state index contributed by atoms with van der Waals surface area (Å²) >= 11 is 0. The van der Waals surface area contributed by atoms with E-state index in [-0.39, 0.29) is 11.2 Å². The number of phenols is 1. The summed E-state index contributed by atoms with van der Waals surface area (Å²) in [6.45, 7) is 0. The molecule has 0 aliphatic heterocycles. The zero-order valence-corrected chi connectivity index (χ0v) is 9.65. The van der Waals surface area contributed by atoms with Gasteiger partial charge in [-0.15, -0.1) is 0 Å². The van der Waals surface area contributed by atoms with Gasteiger partial charge in [-0.3, -0.25) is 0 Å². The number of aromatic amines is 1. The number of pyridine rings is 1. The molecule has 0 aliphatic carbocycles. The third-order valence-corrected chi connectivity index (χ3v) is 3.01. The minimum absolute atomic E-state index is 0. The Labute approximate surface area is 97.0 Å². The fourth-order valence-electron chi connectivity index (χ4n) is 1.62. The maximum atomic E-state index is 10.8. The van der Waals surface area contributed by atoms with Crippen LogP contribution in [0.3, 0.4) is 0 Å². The van der Waals surface area contributed by atoms with E-state index in [9.17, 15) is 14.6 Å². The number of nitrogens with one attached hydrogen (secondary N) is 1. The summed E-state index contributed by atoms with van der Waals surface area (Å²) in [5, 5.41) is 10.1. The first-order valence-electron chi connectivity index (χ1n) is 4.61. The van der Waals surface area contributed by atoms with Gasteiger partial charge in [0.15, 0.2) is 11.9 Å². The Morgan fingerprint density at radius 3 is 2.71 bits per heavy atom. The molecule has 1 heterocycles. The van der Waals surface area contributed by atoms with E-state index in [0.29, 0.717) is 16.5 Å². The van der Waals surface area contributed by atoms with Crippen molar-refractivity contribution >= 4 is 18.5 Å². The van der Waals surface area contributed by atoms with Crippen molar-refractivity contribution < 1.29 is 29.9 Å². The van der Waals surface area contributed by atoms with Crippen LogP contribution < -0.4 is 9.88 Å². The van der Waals surface area contributed by atoms with Crippen molar-refractivity contribution in [3.63, 3.8) is 0 Å². The zero-order chi connectivity index (χ0) is 11.8. The van der Waals surface area contributed by atoms with Crippen LogP contribution in [0.2, 0.25) is 0 Å². The van der Waals surface area contributed by atoms with Gasteiger partial charge < -0.3 is 24.9 Å². The lowest BCUT2D eigenvalue weighted by Gasteiger charge is -2.15. The molecular formula is C10H12NO5P. The lowest BCUT2D eigenvalue weighted by molar-refractivity contribution is -0.345. The highest BCUT2D eigenvalue weighted by Crippen LogP contribution is 2.37. The van der Waals surface area contributed by atoms with Crippen molar-refractivity contribution in [2.45, 2.75) is 6.16 Å². The molecule has 0 saturated carbocycles. The summed E-state index contributed by atoms with van der Waals surface area (Å²) in [4.78, 5) is 22.5. The zero-order valence-electron chi connectivity index (χ0n) is 8.75. The summed E-state index contributed by atoms with van der Waals surface area (Å²) in [6, 6.07) is 6.24. The normalized spacial score (nSPS) is 14.0. The molecule has 0 radical (unpaired) electrons. The summed E-state index contributed by atoms with van der Waals surface area (Å²) in [6.07, 6.45) is 1.18. The molecule has 0 amide bonds. The van der Waals surface area contributed by atoms with Crippen LogP contribution in [0.5, 0.6) is 5.75 Å². The molecule has 2 aromatic rings. The number of aromatic nitrogens is 1. The van der Waals surface area contributed by atoms with Gasteiger partial charge in [-0.2, -0.15) is 0 Å². The summed E-state index contributed by atoms with van der Waals surface area (Å²) in [7, 11) is -4.35. The molecule has 0 spiro atoms. The van der Waals surface area contributed by atoms with E-state index in [4.69, 9.17) is 4.89 Å². The van der Waals surface area contributed by atoms with Gasteiger partial charge in [0.2, 0.25) is 0 Å². The van der Waals surface area contributed by atoms with Crippen LogP contribution in [0.1, 0.15) is 5.56 Å². The molecule has 1 atom stereocenters. The maximum absolute atomic E-state index is 10.8. The van der Waals surface area contributed by atoms with Crippen LogP contribution in [-0.2, 0) is 10.7 Å². The van der Waals surface area contributed by atoms with Crippen molar-refractivity contribution in [1.29, 1.82) is 0 Å². The number of aromatic hydroxyl groups is 1. The molecule has 1 aromatic carbocycles. The Hall–Kier alpha value is -1.46. The van der Waals surface area contributed by atoms with Gasteiger partial charge in [0, 0.05) is 12.2 Å². The van der Waals surface area contributed by atoms with Crippen molar-refractivity contribution in [3.05, 3.63) is 36.0 Å². The number of hydrogen-bond acceptors (Lipinski definition) is 3. The lowest BCUT2D eigenvalue weighted by Crippen LogP contribution is -2.06. The Kier molecular flexibility index (Phi) is 3.85. The van der Waals surface area contributed by atoms with E-state index in [1.54, 1.807) is 18.3 Å². The predicted octanol–water partition coefficient (Wildman–Crippen LogP) is -0.420. The van der Waals surface area contributed by atoms with Crippen molar-refractivity contribution in [3.8, 4) is 5.75 Å². The van der Waals surface area contributed by atoms with Crippen LogP contribution in [0.25, 0.3) is 10.9 Å². The molecule has 7 heteroatoms. The molecule has 1 unspecified atom stereocenters. The minimum Gasteiger partial charge on any atom is -0.778 e. The molecule has 0 saturated heterocycles. The summed E-state index contributed by atoms with van der Waals surface area (Å²) in [5.41, 5.74) is 0.902. The van der Waals surface area contributed by atoms with Crippen LogP contribution >= 0.6 is 7.60 Å². The summed E-state index contributed by atoms with van der Waals surface area (Å²) in [5.74, 6) is 0.0398. The first kappa shape index (κ1) is 13.6. The first-order chi connectivity index (χ1) is 7.47. The van der Waals surface area contributed by atoms with E-state index < -0.39 is 13.8 Å². The second-order valence-electron chi connectivity index (χ2n) is 3.50. The van der Waals surface area contributed by atoms with Gasteiger partial charge in [-0.25, -0.2) is 4.98 Å². The van der Waals surface area contributed by atoms with Gasteiger partial charge in [0.1, 0.15) is 7.60 Å². The number of H-pyrrole nitrogens is 1. The number of rotatable bonds is 2. The van der Waals surface area contributed by atoms with E-state index in [2.05, 4.69) is 4.98 Å². The molecule has 0 aliphatic rings. The molecule has 0 fully saturated rings. The van der Waals surface area contributed by atoms with E-state index >= 15 is 0 Å². The molecule has 17 heavy (non-hydrogen) atoms. The van der Waals surface area contributed by atoms with Gasteiger partial charge in [0.25, 0.3) is 5.52 Å². The Morgan fingerprint density at radius 1 is 1.35 bits per heavy atom. The van der Waals surface area contributed by atoms with E-state index in [1.807, 2.05) is 0 Å². The molecule has 1 aromatic heterocycles. The largest absolute Gasteiger partial charge is 0.778 e. The molecule has 6 nitrogen and oxygen atoms in total. The van der Waals surface area contributed by atoms with Crippen molar-refractivity contribution in [1.82, 2.24) is 0 Å². The Balaban J connectivity index is 0.00000144. The Bertz CT molecular complexity index is 580. The standard InChI is InChI=1S/C10H10NO4P.H2O/c12-9-4-3-7(6-16(13,14)15)8-2-1-5-11-10(8)9;/h1-5,12H,6H2,(H2,13,14,15);1H2. The van der Waals surface area contributed by atoms with E-state index in [1.165, 1.54) is 12.1 Å². The molecule has 2 rings (SSSR count). The van der Waals surface area contributed by atoms with Gasteiger partial charge in [-0.05, 0) is 17.7 Å². The van der Waals surface area contributed by atoms with Gasteiger partial charge >= 0.3 is 0 Å². The molecular weight excluding hydrogens is 245 g/mol. The van der Waals surface area contributed by atoms with Gasteiger partial charge in [-0.1, -0.05) is 6.07 Å². The van der Waals surface area contributed by atoms with Crippen LogP contribution in [-0.4, -0.2) is 15.5 Å². The average molecular weight is 257 g/mol. The van der Waals surface area contributed by atoms with Crippen molar-refractivity contribution in [2.24, 2.45) is 0 Å². The molecule has 5 N–H and O–H groups in total. The summed E-state index contributed by atoms with van der Waals surface area (Å²) < 4.78 is 10.8. The third kappa shape index (κ3) is 3.01. The lowest BCUT2D eigenvalue weighted by atomic mass is 10.1. The monoisotopic (exact) mass is 257 g/mol. The first-order valence-corrected chi connectivity index (χ1v) is 6.38. The fourth-order valence-corrected chi connectivity index (χ4v) is 2.33. The molecule has 92 valence electrons. The van der Waals surface area contributed by atoms with Crippen LogP contribution in [0.4, 0.5) is 0 Å². The third-order valence-electron chi connectivity index (χ3n) is 2.27. The second kappa shape index (κ2) is 4.81. The fraction of sp³-hybridized carbons (Fsp3) is 0.100. The Morgan fingerprint density at radius 2 is 2.06 bits per heavy atom. The average Bonchev–Trinajstić information content (AvgIpc) is 2.21. The predicted molar refractivity (Wildman–Crippen MR) is 59.3 cm³/mol.